The largest absolute Gasteiger partial charge is 0.356 e. The molecule has 112 valence electrons. The fourth-order valence-corrected chi connectivity index (χ4v) is 4.55. The van der Waals surface area contributed by atoms with Gasteiger partial charge in [0, 0.05) is 12.1 Å². The van der Waals surface area contributed by atoms with Crippen molar-refractivity contribution >= 4 is 21.6 Å². The average Bonchev–Trinajstić information content (AvgIpc) is 2.83. The van der Waals surface area contributed by atoms with Crippen LogP contribution in [0.5, 0.6) is 0 Å². The van der Waals surface area contributed by atoms with Crippen molar-refractivity contribution in [3.63, 3.8) is 0 Å². The second-order valence-electron chi connectivity index (χ2n) is 5.78. The number of ether oxygens (including phenoxy) is 1. The van der Waals surface area contributed by atoms with E-state index in [0.29, 0.717) is 0 Å². The lowest BCUT2D eigenvalue weighted by molar-refractivity contribution is -0.384. The first-order chi connectivity index (χ1) is 10.6. The molecule has 0 radical (unpaired) electrons. The van der Waals surface area contributed by atoms with E-state index in [1.165, 1.54) is 0 Å². The lowest BCUT2D eigenvalue weighted by Crippen LogP contribution is -2.39. The molecule has 0 spiro atoms. The molecule has 2 bridgehead atoms. The van der Waals surface area contributed by atoms with Crippen molar-refractivity contribution in [2.45, 2.75) is 29.4 Å². The Morgan fingerprint density at radius 3 is 2.68 bits per heavy atom. The van der Waals surface area contributed by atoms with Crippen LogP contribution in [-0.4, -0.2) is 9.75 Å². The van der Waals surface area contributed by atoms with Gasteiger partial charge in [0.15, 0.2) is 0 Å². The smallest absolute Gasteiger partial charge is 0.269 e. The van der Waals surface area contributed by atoms with Gasteiger partial charge < -0.3 is 4.74 Å². The maximum Gasteiger partial charge on any atom is 0.269 e. The maximum atomic E-state index is 11.1. The maximum absolute atomic E-state index is 11.1. The van der Waals surface area contributed by atoms with E-state index in [2.05, 4.69) is 28.1 Å². The van der Waals surface area contributed by atoms with Gasteiger partial charge in [-0.2, -0.15) is 0 Å². The van der Waals surface area contributed by atoms with Crippen LogP contribution in [-0.2, 0) is 10.3 Å². The van der Waals surface area contributed by atoms with Crippen LogP contribution in [0.25, 0.3) is 0 Å². The molecular weight excluding hydrogens is 346 g/mol. The fraction of sp³-hybridized carbons (Fsp3) is 0.294. The highest BCUT2D eigenvalue weighted by Crippen LogP contribution is 2.57. The average molecular weight is 360 g/mol. The zero-order valence-corrected chi connectivity index (χ0v) is 13.3. The standard InChI is InChI=1S/C17H14BrNO3/c18-16-9-8-15-13-10-12(19(20)21)6-7-14(13)17(16,22-15)11-4-2-1-3-5-11/h1-7,10,15-16H,8-9H2/t15-,16-,17-/m1/s1. The second kappa shape index (κ2) is 4.89. The SMILES string of the molecule is O=[N+]([O-])c1ccc2c(c1)[C@H]1CC[C@@H](Br)[C@]2(c2ccccc2)O1. The molecule has 0 amide bonds. The summed E-state index contributed by atoms with van der Waals surface area (Å²) >= 11 is 3.79. The summed E-state index contributed by atoms with van der Waals surface area (Å²) in [4.78, 5) is 10.9. The molecule has 2 aromatic carbocycles. The predicted molar refractivity (Wildman–Crippen MR) is 86.1 cm³/mol. The molecule has 22 heavy (non-hydrogen) atoms. The van der Waals surface area contributed by atoms with Crippen molar-refractivity contribution in [2.24, 2.45) is 0 Å². The number of nitro groups is 1. The Bertz CT molecular complexity index is 749. The first-order valence-electron chi connectivity index (χ1n) is 7.29. The number of rotatable bonds is 2. The molecule has 1 saturated heterocycles. The van der Waals surface area contributed by atoms with Gasteiger partial charge >= 0.3 is 0 Å². The van der Waals surface area contributed by atoms with Gasteiger partial charge in [-0.25, -0.2) is 0 Å². The minimum absolute atomic E-state index is 0.0658. The number of nitrogens with zero attached hydrogens (tertiary/aromatic N) is 1. The fourth-order valence-electron chi connectivity index (χ4n) is 3.67. The van der Waals surface area contributed by atoms with Crippen molar-refractivity contribution in [1.29, 1.82) is 0 Å². The van der Waals surface area contributed by atoms with E-state index in [0.717, 1.165) is 29.5 Å². The lowest BCUT2D eigenvalue weighted by Gasteiger charge is -2.39. The van der Waals surface area contributed by atoms with Crippen LogP contribution in [0.3, 0.4) is 0 Å². The van der Waals surface area contributed by atoms with E-state index in [-0.39, 0.29) is 21.5 Å². The Labute approximate surface area is 136 Å². The van der Waals surface area contributed by atoms with E-state index >= 15 is 0 Å². The minimum atomic E-state index is -0.547. The Morgan fingerprint density at radius 2 is 1.95 bits per heavy atom. The third-order valence-electron chi connectivity index (χ3n) is 4.65. The number of hydrogen-bond acceptors (Lipinski definition) is 3. The first kappa shape index (κ1) is 13.9. The molecule has 2 aromatic rings. The number of non-ortho nitro benzene ring substituents is 1. The molecule has 0 aromatic heterocycles. The number of nitro benzene ring substituents is 1. The van der Waals surface area contributed by atoms with Gasteiger partial charge in [-0.3, -0.25) is 10.1 Å². The van der Waals surface area contributed by atoms with Crippen molar-refractivity contribution in [2.75, 3.05) is 0 Å². The lowest BCUT2D eigenvalue weighted by atomic mass is 9.82. The van der Waals surface area contributed by atoms with Crippen molar-refractivity contribution in [1.82, 2.24) is 0 Å². The molecule has 0 saturated carbocycles. The van der Waals surface area contributed by atoms with Crippen LogP contribution in [0.15, 0.2) is 48.5 Å². The zero-order valence-electron chi connectivity index (χ0n) is 11.7. The molecule has 0 aliphatic carbocycles. The third kappa shape index (κ3) is 1.79. The molecule has 2 aliphatic rings. The molecule has 0 unspecified atom stereocenters. The molecule has 3 atom stereocenters. The highest BCUT2D eigenvalue weighted by molar-refractivity contribution is 9.09. The predicted octanol–water partition coefficient (Wildman–Crippen LogP) is 4.47. The van der Waals surface area contributed by atoms with E-state index in [1.807, 2.05) is 24.3 Å². The van der Waals surface area contributed by atoms with Crippen LogP contribution < -0.4 is 0 Å². The van der Waals surface area contributed by atoms with E-state index in [4.69, 9.17) is 4.74 Å². The summed E-state index contributed by atoms with van der Waals surface area (Å²) in [6.07, 6.45) is 1.78. The van der Waals surface area contributed by atoms with Crippen LogP contribution >= 0.6 is 15.9 Å². The normalized spacial score (nSPS) is 29.1. The van der Waals surface area contributed by atoms with E-state index in [9.17, 15) is 10.1 Å². The molecule has 1 fully saturated rings. The molecule has 4 rings (SSSR count). The molecule has 4 nitrogen and oxygen atoms in total. The van der Waals surface area contributed by atoms with Gasteiger partial charge in [-0.15, -0.1) is 0 Å². The van der Waals surface area contributed by atoms with Crippen LogP contribution in [0, 0.1) is 10.1 Å². The first-order valence-corrected chi connectivity index (χ1v) is 8.21. The molecule has 5 heteroatoms. The Morgan fingerprint density at radius 1 is 1.18 bits per heavy atom. The number of benzene rings is 2. The monoisotopic (exact) mass is 359 g/mol. The topological polar surface area (TPSA) is 52.4 Å². The summed E-state index contributed by atoms with van der Waals surface area (Å²) in [7, 11) is 0. The highest BCUT2D eigenvalue weighted by atomic mass is 79.9. The van der Waals surface area contributed by atoms with Crippen LogP contribution in [0.2, 0.25) is 0 Å². The number of fused-ring (bicyclic) bond motifs is 5. The second-order valence-corrected chi connectivity index (χ2v) is 6.89. The number of halogens is 1. The van der Waals surface area contributed by atoms with Crippen LogP contribution in [0.4, 0.5) is 5.69 Å². The van der Waals surface area contributed by atoms with Gasteiger partial charge in [0.1, 0.15) is 5.60 Å². The highest BCUT2D eigenvalue weighted by Gasteiger charge is 2.54. The summed E-state index contributed by atoms with van der Waals surface area (Å²) < 4.78 is 6.42. The molecular formula is C17H14BrNO3. The van der Waals surface area contributed by atoms with Crippen molar-refractivity contribution in [3.05, 3.63) is 75.3 Å². The van der Waals surface area contributed by atoms with Crippen LogP contribution in [0.1, 0.15) is 35.6 Å². The summed E-state index contributed by atoms with van der Waals surface area (Å²) in [5.41, 5.74) is 2.68. The van der Waals surface area contributed by atoms with E-state index < -0.39 is 5.60 Å². The summed E-state index contributed by atoms with van der Waals surface area (Å²) in [5, 5.41) is 11.1. The third-order valence-corrected chi connectivity index (χ3v) is 5.75. The van der Waals surface area contributed by atoms with Crippen molar-refractivity contribution in [3.8, 4) is 0 Å². The van der Waals surface area contributed by atoms with Crippen molar-refractivity contribution < 1.29 is 9.66 Å². The quantitative estimate of drug-likeness (QED) is 0.451. The molecule has 0 N–H and O–H groups in total. The summed E-state index contributed by atoms with van der Waals surface area (Å²) in [6, 6.07) is 15.2. The Hall–Kier alpha value is -1.72. The molecule has 2 heterocycles. The van der Waals surface area contributed by atoms with Gasteiger partial charge in [0.05, 0.1) is 15.9 Å². The van der Waals surface area contributed by atoms with Gasteiger partial charge in [0.25, 0.3) is 5.69 Å². The van der Waals surface area contributed by atoms with E-state index in [1.54, 1.807) is 12.1 Å². The summed E-state index contributed by atoms with van der Waals surface area (Å²) in [5.74, 6) is 0. The summed E-state index contributed by atoms with van der Waals surface area (Å²) in [6.45, 7) is 0. The zero-order chi connectivity index (χ0) is 15.3. The minimum Gasteiger partial charge on any atom is -0.356 e. The van der Waals surface area contributed by atoms with Gasteiger partial charge in [-0.05, 0) is 35.6 Å². The number of alkyl halides is 1. The Kier molecular flexibility index (Phi) is 3.09. The number of hydrogen-bond donors (Lipinski definition) is 0. The van der Waals surface area contributed by atoms with Gasteiger partial charge in [0.2, 0.25) is 0 Å². The molecule has 2 aliphatic heterocycles. The van der Waals surface area contributed by atoms with Gasteiger partial charge in [-0.1, -0.05) is 46.3 Å². The Balaban J connectivity index is 1.95.